The van der Waals surface area contributed by atoms with Gasteiger partial charge in [0.15, 0.2) is 11.6 Å². The van der Waals surface area contributed by atoms with Crippen LogP contribution in [0.2, 0.25) is 0 Å². The zero-order valence-corrected chi connectivity index (χ0v) is 21.5. The molecule has 0 radical (unpaired) electrons. The molecular weight excluding hydrogens is 426 g/mol. The van der Waals surface area contributed by atoms with Gasteiger partial charge in [-0.2, -0.15) is 4.39 Å². The van der Waals surface area contributed by atoms with E-state index in [1.165, 1.54) is 77.0 Å². The Morgan fingerprint density at radius 3 is 2.00 bits per heavy atom. The molecule has 0 aliphatic heterocycles. The van der Waals surface area contributed by atoms with Gasteiger partial charge in [-0.3, -0.25) is 0 Å². The molecule has 1 aromatic rings. The van der Waals surface area contributed by atoms with E-state index in [2.05, 4.69) is 19.1 Å². The van der Waals surface area contributed by atoms with Gasteiger partial charge in [-0.25, -0.2) is 4.39 Å². The van der Waals surface area contributed by atoms with Crippen molar-refractivity contribution < 1.29 is 13.5 Å². The van der Waals surface area contributed by atoms with Gasteiger partial charge in [0.1, 0.15) is 0 Å². The van der Waals surface area contributed by atoms with Crippen LogP contribution in [0.4, 0.5) is 8.78 Å². The summed E-state index contributed by atoms with van der Waals surface area (Å²) in [6, 6.07) is 3.28. The molecule has 1 aromatic carbocycles. The summed E-state index contributed by atoms with van der Waals surface area (Å²) in [5.41, 5.74) is 0.474. The molecule has 3 aliphatic carbocycles. The lowest BCUT2D eigenvalue weighted by molar-refractivity contribution is 0.204. The average Bonchev–Trinajstić information content (AvgIpc) is 2.87. The van der Waals surface area contributed by atoms with Crippen molar-refractivity contribution in [2.75, 3.05) is 6.61 Å². The third-order valence-electron chi connectivity index (χ3n) is 9.28. The van der Waals surface area contributed by atoms with Crippen molar-refractivity contribution in [3.8, 4) is 5.75 Å². The van der Waals surface area contributed by atoms with Crippen LogP contribution in [0.5, 0.6) is 5.75 Å². The van der Waals surface area contributed by atoms with E-state index in [4.69, 9.17) is 4.74 Å². The third-order valence-corrected chi connectivity index (χ3v) is 9.28. The number of allylic oxidation sites excluding steroid dienone is 2. The lowest BCUT2D eigenvalue weighted by Gasteiger charge is -2.35. The molecule has 0 bridgehead atoms. The van der Waals surface area contributed by atoms with Crippen molar-refractivity contribution >= 4 is 0 Å². The molecule has 2 saturated carbocycles. The molecule has 3 heteroatoms. The Hall–Kier alpha value is -1.38. The van der Waals surface area contributed by atoms with Gasteiger partial charge in [-0.05, 0) is 73.8 Å². The van der Waals surface area contributed by atoms with Crippen LogP contribution in [0.3, 0.4) is 0 Å². The number of benzene rings is 1. The van der Waals surface area contributed by atoms with Crippen LogP contribution in [0, 0.1) is 41.2 Å². The van der Waals surface area contributed by atoms with Gasteiger partial charge in [0, 0.05) is 5.92 Å². The summed E-state index contributed by atoms with van der Waals surface area (Å²) < 4.78 is 34.1. The largest absolute Gasteiger partial charge is 0.491 e. The van der Waals surface area contributed by atoms with Gasteiger partial charge in [-0.1, -0.05) is 89.4 Å². The molecule has 34 heavy (non-hydrogen) atoms. The minimum absolute atomic E-state index is 0.0156. The molecule has 190 valence electrons. The molecule has 2 fully saturated rings. The number of halogens is 2. The highest BCUT2D eigenvalue weighted by molar-refractivity contribution is 5.35. The van der Waals surface area contributed by atoms with Crippen LogP contribution in [0.1, 0.15) is 115 Å². The molecule has 1 nitrogen and oxygen atoms in total. The minimum Gasteiger partial charge on any atom is -0.491 e. The normalized spacial score (nSPS) is 32.0. The van der Waals surface area contributed by atoms with Crippen LogP contribution in [-0.2, 0) is 0 Å². The van der Waals surface area contributed by atoms with Gasteiger partial charge in [0.2, 0.25) is 5.82 Å². The van der Waals surface area contributed by atoms with Gasteiger partial charge in [0.25, 0.3) is 0 Å². The molecular formula is C31H46F2O. The SMILES string of the molecule is CCOc1ccc(C2C=CC(C3CCC(CCCCC4CCC(C)CC4)CC3)CC2)c(F)c1F. The maximum atomic E-state index is 14.6. The Bertz CT molecular complexity index is 787. The average molecular weight is 473 g/mol. The van der Waals surface area contributed by atoms with E-state index in [0.29, 0.717) is 18.1 Å². The molecule has 0 saturated heterocycles. The van der Waals surface area contributed by atoms with Crippen LogP contribution in [0.25, 0.3) is 0 Å². The summed E-state index contributed by atoms with van der Waals surface area (Å²) in [6.45, 7) is 4.53. The summed E-state index contributed by atoms with van der Waals surface area (Å²) in [4.78, 5) is 0. The maximum absolute atomic E-state index is 14.6. The highest BCUT2D eigenvalue weighted by Gasteiger charge is 2.30. The maximum Gasteiger partial charge on any atom is 0.200 e. The molecule has 0 N–H and O–H groups in total. The lowest BCUT2D eigenvalue weighted by atomic mass is 9.70. The first kappa shape index (κ1) is 25.7. The molecule has 0 amide bonds. The minimum atomic E-state index is -0.846. The number of hydrogen-bond acceptors (Lipinski definition) is 1. The summed E-state index contributed by atoms with van der Waals surface area (Å²) in [7, 11) is 0. The molecule has 0 spiro atoms. The van der Waals surface area contributed by atoms with E-state index in [1.54, 1.807) is 19.1 Å². The Kier molecular flexibility index (Phi) is 9.48. The number of ether oxygens (including phenoxy) is 1. The standard InChI is InChI=1S/C31H46F2O/c1-3-34-29-21-20-28(30(32)31(29)33)27-18-16-26(17-19-27)25-14-12-24(13-15-25)7-5-4-6-23-10-8-22(2)9-11-23/h16,18,20-27H,3-15,17,19H2,1-2H3. The molecule has 3 aliphatic rings. The van der Waals surface area contributed by atoms with Crippen molar-refractivity contribution in [1.29, 1.82) is 0 Å². The number of unbranched alkanes of at least 4 members (excludes halogenated alkanes) is 1. The Balaban J connectivity index is 1.17. The van der Waals surface area contributed by atoms with Crippen molar-refractivity contribution in [2.45, 2.75) is 110 Å². The highest BCUT2D eigenvalue weighted by atomic mass is 19.2. The smallest absolute Gasteiger partial charge is 0.200 e. The fraction of sp³-hybridized carbons (Fsp3) is 0.742. The quantitative estimate of drug-likeness (QED) is 0.257. The predicted molar refractivity (Wildman–Crippen MR) is 137 cm³/mol. The second-order valence-corrected chi connectivity index (χ2v) is 11.6. The van der Waals surface area contributed by atoms with Crippen LogP contribution < -0.4 is 4.74 Å². The van der Waals surface area contributed by atoms with Crippen molar-refractivity contribution in [1.82, 2.24) is 0 Å². The number of rotatable bonds is 9. The monoisotopic (exact) mass is 472 g/mol. The van der Waals surface area contributed by atoms with Gasteiger partial charge in [-0.15, -0.1) is 0 Å². The summed E-state index contributed by atoms with van der Waals surface area (Å²) >= 11 is 0. The van der Waals surface area contributed by atoms with Gasteiger partial charge in [0.05, 0.1) is 6.61 Å². The summed E-state index contributed by atoms with van der Waals surface area (Å²) in [5.74, 6) is 2.71. The second-order valence-electron chi connectivity index (χ2n) is 11.6. The molecule has 0 aromatic heterocycles. The predicted octanol–water partition coefficient (Wildman–Crippen LogP) is 9.61. The molecule has 4 rings (SSSR count). The van der Waals surface area contributed by atoms with Gasteiger partial charge < -0.3 is 4.74 Å². The fourth-order valence-electron chi connectivity index (χ4n) is 6.98. The first-order valence-electron chi connectivity index (χ1n) is 14.3. The van der Waals surface area contributed by atoms with Crippen molar-refractivity contribution in [2.24, 2.45) is 29.6 Å². The first-order chi connectivity index (χ1) is 16.5. The topological polar surface area (TPSA) is 9.23 Å². The molecule has 0 heterocycles. The first-order valence-corrected chi connectivity index (χ1v) is 14.3. The van der Waals surface area contributed by atoms with Crippen molar-refractivity contribution in [3.63, 3.8) is 0 Å². The zero-order valence-electron chi connectivity index (χ0n) is 21.5. The lowest BCUT2D eigenvalue weighted by Crippen LogP contribution is -2.23. The van der Waals surface area contributed by atoms with Gasteiger partial charge >= 0.3 is 0 Å². The van der Waals surface area contributed by atoms with E-state index >= 15 is 0 Å². The van der Waals surface area contributed by atoms with Crippen LogP contribution >= 0.6 is 0 Å². The van der Waals surface area contributed by atoms with Crippen LogP contribution in [-0.4, -0.2) is 6.61 Å². The summed E-state index contributed by atoms with van der Waals surface area (Å²) in [5, 5.41) is 0. The van der Waals surface area contributed by atoms with E-state index in [-0.39, 0.29) is 11.7 Å². The van der Waals surface area contributed by atoms with Crippen LogP contribution in [0.15, 0.2) is 24.3 Å². The molecule has 2 unspecified atom stereocenters. The highest BCUT2D eigenvalue weighted by Crippen LogP contribution is 2.42. The van der Waals surface area contributed by atoms with E-state index < -0.39 is 11.6 Å². The van der Waals surface area contributed by atoms with E-state index in [1.807, 2.05) is 0 Å². The van der Waals surface area contributed by atoms with E-state index in [0.717, 1.165) is 36.5 Å². The molecule has 2 atom stereocenters. The van der Waals surface area contributed by atoms with Crippen molar-refractivity contribution in [3.05, 3.63) is 41.5 Å². The Morgan fingerprint density at radius 2 is 1.41 bits per heavy atom. The second kappa shape index (κ2) is 12.5. The third kappa shape index (κ3) is 6.64. The summed E-state index contributed by atoms with van der Waals surface area (Å²) in [6.07, 6.45) is 23.5. The number of hydrogen-bond donors (Lipinski definition) is 0. The Labute approximate surface area is 206 Å². The fourth-order valence-corrected chi connectivity index (χ4v) is 6.98. The van der Waals surface area contributed by atoms with E-state index in [9.17, 15) is 8.78 Å². The zero-order chi connectivity index (χ0) is 23.9. The Morgan fingerprint density at radius 1 is 0.765 bits per heavy atom.